The molecule has 0 bridgehead atoms. The van der Waals surface area contributed by atoms with Gasteiger partial charge in [-0.3, -0.25) is 9.36 Å². The maximum Gasteiger partial charge on any atom is 0.263 e. The van der Waals surface area contributed by atoms with Crippen LogP contribution in [-0.4, -0.2) is 21.9 Å². The average molecular weight is 407 g/mol. The smallest absolute Gasteiger partial charge is 0.263 e. The van der Waals surface area contributed by atoms with Gasteiger partial charge in [-0.25, -0.2) is 4.98 Å². The number of allylic oxidation sites excluding steroid dienone is 1. The maximum absolute atomic E-state index is 12.9. The number of fused-ring (bicyclic) bond motifs is 1. The first kappa shape index (κ1) is 19.0. The summed E-state index contributed by atoms with van der Waals surface area (Å²) in [4.78, 5) is 19.5. The van der Waals surface area contributed by atoms with Gasteiger partial charge in [0, 0.05) is 22.2 Å². The summed E-state index contributed by atoms with van der Waals surface area (Å²) in [6.07, 6.45) is 1.72. The normalized spacial score (nSPS) is 11.0. The number of thioether (sulfide) groups is 1. The molecule has 3 rings (SSSR count). The predicted molar refractivity (Wildman–Crippen MR) is 111 cm³/mol. The second-order valence-corrected chi connectivity index (χ2v) is 8.42. The molecule has 0 aliphatic carbocycles. The quantitative estimate of drug-likeness (QED) is 0.237. The Balaban J connectivity index is 1.79. The van der Waals surface area contributed by atoms with Crippen molar-refractivity contribution in [1.82, 2.24) is 9.55 Å². The minimum atomic E-state index is -0.00462. The van der Waals surface area contributed by atoms with Crippen LogP contribution in [0.1, 0.15) is 10.4 Å². The zero-order valence-electron chi connectivity index (χ0n) is 14.6. The molecule has 0 aliphatic heterocycles. The molecule has 0 atom stereocenters. The minimum absolute atomic E-state index is 0.00462. The fourth-order valence-electron chi connectivity index (χ4n) is 2.56. The van der Waals surface area contributed by atoms with Gasteiger partial charge < -0.3 is 4.74 Å². The van der Waals surface area contributed by atoms with Gasteiger partial charge in [-0.15, -0.1) is 17.9 Å². The third-order valence-corrected chi connectivity index (χ3v) is 6.22. The average Bonchev–Trinajstić information content (AvgIpc) is 2.89. The SMILES string of the molecule is C=CCn1c(SCCOc2cccc(Cl)c2)nc2sc(C)c(C)c2c1=O. The molecule has 0 amide bonds. The van der Waals surface area contributed by atoms with Crippen molar-refractivity contribution < 1.29 is 4.74 Å². The number of benzene rings is 1. The van der Waals surface area contributed by atoms with E-state index in [1.165, 1.54) is 11.8 Å². The lowest BCUT2D eigenvalue weighted by atomic mass is 10.2. The van der Waals surface area contributed by atoms with Gasteiger partial charge in [0.1, 0.15) is 10.6 Å². The van der Waals surface area contributed by atoms with Crippen molar-refractivity contribution in [2.24, 2.45) is 0 Å². The molecule has 0 N–H and O–H groups in total. The van der Waals surface area contributed by atoms with Gasteiger partial charge in [-0.05, 0) is 37.6 Å². The number of aryl methyl sites for hydroxylation is 2. The fourth-order valence-corrected chi connectivity index (χ4v) is 4.63. The topological polar surface area (TPSA) is 44.1 Å². The molecule has 2 aromatic heterocycles. The molecule has 0 spiro atoms. The van der Waals surface area contributed by atoms with Crippen LogP contribution in [0.5, 0.6) is 5.75 Å². The van der Waals surface area contributed by atoms with Gasteiger partial charge in [-0.1, -0.05) is 35.5 Å². The Morgan fingerprint density at radius 2 is 2.23 bits per heavy atom. The molecule has 0 radical (unpaired) electrons. The van der Waals surface area contributed by atoms with E-state index in [0.717, 1.165) is 21.0 Å². The second kappa shape index (κ2) is 8.29. The van der Waals surface area contributed by atoms with Crippen molar-refractivity contribution in [3.63, 3.8) is 0 Å². The summed E-state index contributed by atoms with van der Waals surface area (Å²) in [5, 5.41) is 2.05. The van der Waals surface area contributed by atoms with Crippen LogP contribution in [0.25, 0.3) is 10.2 Å². The van der Waals surface area contributed by atoms with Gasteiger partial charge in [0.25, 0.3) is 5.56 Å². The number of thiophene rings is 1. The van der Waals surface area contributed by atoms with E-state index in [0.29, 0.717) is 34.5 Å². The highest BCUT2D eigenvalue weighted by atomic mass is 35.5. The first-order valence-corrected chi connectivity index (χ1v) is 10.3. The Morgan fingerprint density at radius 3 is 2.96 bits per heavy atom. The summed E-state index contributed by atoms with van der Waals surface area (Å²) >= 11 is 9.02. The van der Waals surface area contributed by atoms with Crippen molar-refractivity contribution in [3.05, 3.63) is 62.7 Å². The Hall–Kier alpha value is -1.76. The van der Waals surface area contributed by atoms with Crippen LogP contribution in [-0.2, 0) is 6.54 Å². The third-order valence-electron chi connectivity index (χ3n) is 3.94. The lowest BCUT2D eigenvalue weighted by molar-refractivity contribution is 0.344. The molecule has 0 saturated heterocycles. The summed E-state index contributed by atoms with van der Waals surface area (Å²) in [5.74, 6) is 1.40. The Kier molecular flexibility index (Phi) is 6.06. The van der Waals surface area contributed by atoms with Gasteiger partial charge in [-0.2, -0.15) is 0 Å². The molecule has 4 nitrogen and oxygen atoms in total. The van der Waals surface area contributed by atoms with Crippen LogP contribution in [0, 0.1) is 13.8 Å². The summed E-state index contributed by atoms with van der Waals surface area (Å²) in [6.45, 7) is 8.68. The summed E-state index contributed by atoms with van der Waals surface area (Å²) < 4.78 is 7.39. The number of hydrogen-bond donors (Lipinski definition) is 0. The predicted octanol–water partition coefficient (Wildman–Crippen LogP) is 5.09. The van der Waals surface area contributed by atoms with Gasteiger partial charge in [0.05, 0.1) is 12.0 Å². The Bertz CT molecular complexity index is 1010. The first-order chi connectivity index (χ1) is 12.5. The monoisotopic (exact) mass is 406 g/mol. The molecule has 3 aromatic rings. The Morgan fingerprint density at radius 1 is 1.42 bits per heavy atom. The van der Waals surface area contributed by atoms with Crippen molar-refractivity contribution in [2.75, 3.05) is 12.4 Å². The van der Waals surface area contributed by atoms with E-state index >= 15 is 0 Å². The number of halogens is 1. The number of ether oxygens (including phenoxy) is 1. The summed E-state index contributed by atoms with van der Waals surface area (Å²) in [6, 6.07) is 7.30. The number of nitrogens with zero attached hydrogens (tertiary/aromatic N) is 2. The van der Waals surface area contributed by atoms with Crippen molar-refractivity contribution in [1.29, 1.82) is 0 Å². The number of hydrogen-bond acceptors (Lipinski definition) is 5. The van der Waals surface area contributed by atoms with Crippen molar-refractivity contribution in [3.8, 4) is 5.75 Å². The fraction of sp³-hybridized carbons (Fsp3) is 0.263. The molecule has 26 heavy (non-hydrogen) atoms. The van der Waals surface area contributed by atoms with E-state index in [9.17, 15) is 4.79 Å². The largest absolute Gasteiger partial charge is 0.493 e. The lowest BCUT2D eigenvalue weighted by Crippen LogP contribution is -2.23. The molecular formula is C19H19ClN2O2S2. The van der Waals surface area contributed by atoms with Crippen LogP contribution >= 0.6 is 34.7 Å². The molecule has 2 heterocycles. The van der Waals surface area contributed by atoms with E-state index in [4.69, 9.17) is 21.3 Å². The lowest BCUT2D eigenvalue weighted by Gasteiger charge is -2.11. The van der Waals surface area contributed by atoms with E-state index in [1.54, 1.807) is 34.1 Å². The Labute approximate surface area is 165 Å². The standard InChI is InChI=1S/C19H19ClN2O2S2/c1-4-8-22-18(23)16-12(2)13(3)26-17(16)21-19(22)25-10-9-24-15-7-5-6-14(20)11-15/h4-7,11H,1,8-10H2,2-3H3. The zero-order valence-corrected chi connectivity index (χ0v) is 17.0. The minimum Gasteiger partial charge on any atom is -0.493 e. The molecule has 7 heteroatoms. The van der Waals surface area contributed by atoms with Crippen molar-refractivity contribution >= 4 is 44.9 Å². The van der Waals surface area contributed by atoms with Crippen LogP contribution in [0.2, 0.25) is 5.02 Å². The van der Waals surface area contributed by atoms with Gasteiger partial charge in [0.2, 0.25) is 0 Å². The van der Waals surface area contributed by atoms with Crippen molar-refractivity contribution in [2.45, 2.75) is 25.5 Å². The first-order valence-electron chi connectivity index (χ1n) is 8.14. The highest BCUT2D eigenvalue weighted by Crippen LogP contribution is 2.28. The molecular weight excluding hydrogens is 388 g/mol. The van der Waals surface area contributed by atoms with E-state index < -0.39 is 0 Å². The van der Waals surface area contributed by atoms with Gasteiger partial charge >= 0.3 is 0 Å². The number of aromatic nitrogens is 2. The molecule has 0 fully saturated rings. The van der Waals surface area contributed by atoms with Crippen LogP contribution < -0.4 is 10.3 Å². The second-order valence-electron chi connectivity index (χ2n) is 5.72. The van der Waals surface area contributed by atoms with Crippen LogP contribution in [0.4, 0.5) is 0 Å². The number of rotatable bonds is 7. The summed E-state index contributed by atoms with van der Waals surface area (Å²) in [5.41, 5.74) is 1.01. The molecule has 136 valence electrons. The maximum atomic E-state index is 12.9. The highest BCUT2D eigenvalue weighted by Gasteiger charge is 2.16. The summed E-state index contributed by atoms with van der Waals surface area (Å²) in [7, 11) is 0. The molecule has 1 aromatic carbocycles. The van der Waals surface area contributed by atoms with E-state index in [-0.39, 0.29) is 5.56 Å². The molecule has 0 saturated carbocycles. The zero-order chi connectivity index (χ0) is 18.7. The van der Waals surface area contributed by atoms with E-state index in [2.05, 4.69) is 6.58 Å². The third kappa shape index (κ3) is 3.98. The van der Waals surface area contributed by atoms with Crippen LogP contribution in [0.15, 0.2) is 46.9 Å². The van der Waals surface area contributed by atoms with Crippen LogP contribution in [0.3, 0.4) is 0 Å². The van der Waals surface area contributed by atoms with Gasteiger partial charge in [0.15, 0.2) is 5.16 Å². The molecule has 0 unspecified atom stereocenters. The molecule has 0 aliphatic rings. The highest BCUT2D eigenvalue weighted by molar-refractivity contribution is 7.99. The van der Waals surface area contributed by atoms with E-state index in [1.807, 2.05) is 26.0 Å².